The maximum Gasteiger partial charge on any atom is 0.150 e. The fraction of sp³-hybridized carbons (Fsp3) is 0.0339. The van der Waals surface area contributed by atoms with E-state index in [1.807, 2.05) is 42.5 Å². The summed E-state index contributed by atoms with van der Waals surface area (Å²) in [6.45, 7) is 2.10. The Hall–Kier alpha value is -8.41. The molecule has 11 aromatic rings. The molecular weight excluding hydrogens is 779 g/mol. The molecule has 5 nitrogen and oxygen atoms in total. The number of benzene rings is 9. The molecule has 0 radical (unpaired) electrons. The zero-order chi connectivity index (χ0) is 43.4. The normalized spacial score (nSPS) is 12.1. The smallest absolute Gasteiger partial charge is 0.150 e. The minimum absolute atomic E-state index is 0.347. The lowest BCUT2D eigenvalue weighted by Gasteiger charge is -2.12. The van der Waals surface area contributed by atoms with Gasteiger partial charge in [-0.15, -0.1) is 0 Å². The number of hydrogen-bond acceptors (Lipinski definition) is 2. The van der Waals surface area contributed by atoms with E-state index in [2.05, 4.69) is 209 Å². The van der Waals surface area contributed by atoms with Crippen LogP contribution in [0.1, 0.15) is 29.2 Å². The maximum atomic E-state index is 5.61. The number of para-hydroxylation sites is 2. The molecule has 0 saturated heterocycles. The van der Waals surface area contributed by atoms with Crippen LogP contribution in [-0.2, 0) is 6.42 Å². The Morgan fingerprint density at radius 2 is 1.12 bits per heavy atom. The molecule has 0 saturated carbocycles. The Kier molecular flexibility index (Phi) is 10.9. The van der Waals surface area contributed by atoms with E-state index in [0.717, 1.165) is 28.9 Å². The Balaban J connectivity index is 0.000000256. The van der Waals surface area contributed by atoms with Crippen molar-refractivity contribution in [2.75, 3.05) is 0 Å². The minimum Gasteiger partial charge on any atom is -0.382 e. The van der Waals surface area contributed by atoms with Crippen LogP contribution in [0.3, 0.4) is 0 Å². The fourth-order valence-electron chi connectivity index (χ4n) is 8.99. The molecule has 11 rings (SSSR count). The van der Waals surface area contributed by atoms with Gasteiger partial charge in [0.25, 0.3) is 0 Å². The molecular formula is C59H47N5. The zero-order valence-corrected chi connectivity index (χ0v) is 35.6. The fourth-order valence-corrected chi connectivity index (χ4v) is 8.99. The van der Waals surface area contributed by atoms with Crippen molar-refractivity contribution in [2.24, 2.45) is 16.7 Å². The van der Waals surface area contributed by atoms with Crippen molar-refractivity contribution in [3.05, 3.63) is 247 Å². The number of fused-ring (bicyclic) bond motifs is 8. The molecule has 308 valence electrons. The predicted molar refractivity (Wildman–Crippen MR) is 273 cm³/mol. The number of nitrogens with two attached hydrogens (primary N) is 2. The molecule has 0 spiro atoms. The first kappa shape index (κ1) is 39.7. The second-order valence-corrected chi connectivity index (χ2v) is 16.0. The average molecular weight is 826 g/mol. The summed E-state index contributed by atoms with van der Waals surface area (Å²) in [7, 11) is 0. The summed E-state index contributed by atoms with van der Waals surface area (Å²) in [5.41, 5.74) is 19.7. The van der Waals surface area contributed by atoms with E-state index < -0.39 is 0 Å². The van der Waals surface area contributed by atoms with Gasteiger partial charge in [0.1, 0.15) is 5.84 Å². The van der Waals surface area contributed by atoms with Gasteiger partial charge in [0.2, 0.25) is 0 Å². The van der Waals surface area contributed by atoms with Gasteiger partial charge in [-0.2, -0.15) is 5.10 Å². The monoisotopic (exact) mass is 825 g/mol. The van der Waals surface area contributed by atoms with Crippen LogP contribution in [0.2, 0.25) is 0 Å². The highest BCUT2D eigenvalue weighted by Crippen LogP contribution is 2.42. The Labute approximate surface area is 373 Å². The summed E-state index contributed by atoms with van der Waals surface area (Å²) in [5.74, 6) is 5.46. The van der Waals surface area contributed by atoms with E-state index in [-0.39, 0.29) is 0 Å². The lowest BCUT2D eigenvalue weighted by molar-refractivity contribution is 1.18. The number of nitrogens with zero attached hydrogens (tertiary/aromatic N) is 3. The summed E-state index contributed by atoms with van der Waals surface area (Å²) in [5, 5.41) is 11.0. The van der Waals surface area contributed by atoms with E-state index in [4.69, 9.17) is 11.6 Å². The Bertz CT molecular complexity index is 3500. The van der Waals surface area contributed by atoms with Crippen LogP contribution in [0.25, 0.3) is 83.0 Å². The predicted octanol–water partition coefficient (Wildman–Crippen LogP) is 14.1. The van der Waals surface area contributed by atoms with E-state index in [1.54, 1.807) is 0 Å². The van der Waals surface area contributed by atoms with E-state index in [1.165, 1.54) is 76.6 Å². The number of amidine groups is 1. The summed E-state index contributed by atoms with van der Waals surface area (Å²) in [6, 6.07) is 75.4. The summed E-state index contributed by atoms with van der Waals surface area (Å²) < 4.78 is 4.89. The number of hydrazone groups is 1. The Morgan fingerprint density at radius 3 is 1.84 bits per heavy atom. The Morgan fingerprint density at radius 1 is 0.516 bits per heavy atom. The van der Waals surface area contributed by atoms with Gasteiger partial charge in [0.05, 0.1) is 22.1 Å². The van der Waals surface area contributed by atoms with Crippen LogP contribution in [0, 0.1) is 0 Å². The number of rotatable bonds is 8. The van der Waals surface area contributed by atoms with Gasteiger partial charge in [0.15, 0.2) is 0 Å². The molecule has 4 N–H and O–H groups in total. The van der Waals surface area contributed by atoms with Gasteiger partial charge < -0.3 is 20.7 Å². The highest BCUT2D eigenvalue weighted by atomic mass is 15.2. The maximum absolute atomic E-state index is 5.61. The summed E-state index contributed by atoms with van der Waals surface area (Å²) >= 11 is 0. The lowest BCUT2D eigenvalue weighted by Crippen LogP contribution is -2.15. The second kappa shape index (κ2) is 17.5. The second-order valence-electron chi connectivity index (χ2n) is 16.0. The molecule has 0 atom stereocenters. The van der Waals surface area contributed by atoms with Crippen molar-refractivity contribution < 1.29 is 0 Å². The molecule has 2 aromatic heterocycles. The minimum atomic E-state index is 0.347. The zero-order valence-electron chi connectivity index (χ0n) is 35.6. The van der Waals surface area contributed by atoms with Gasteiger partial charge in [-0.25, -0.2) is 0 Å². The van der Waals surface area contributed by atoms with Gasteiger partial charge in [-0.05, 0) is 89.0 Å². The summed E-state index contributed by atoms with van der Waals surface area (Å²) in [6.07, 6.45) is 7.61. The van der Waals surface area contributed by atoms with Crippen molar-refractivity contribution >= 4 is 72.0 Å². The van der Waals surface area contributed by atoms with Crippen LogP contribution < -0.4 is 11.6 Å². The molecule has 0 bridgehead atoms. The molecule has 2 heterocycles. The van der Waals surface area contributed by atoms with Crippen LogP contribution in [0.5, 0.6) is 0 Å². The van der Waals surface area contributed by atoms with Crippen LogP contribution in [0.4, 0.5) is 0 Å². The molecule has 0 aliphatic carbocycles. The van der Waals surface area contributed by atoms with E-state index in [9.17, 15) is 0 Å². The largest absolute Gasteiger partial charge is 0.382 e. The van der Waals surface area contributed by atoms with E-state index >= 15 is 0 Å². The first-order chi connectivity index (χ1) is 31.6. The van der Waals surface area contributed by atoms with Crippen molar-refractivity contribution in [3.63, 3.8) is 0 Å². The highest BCUT2D eigenvalue weighted by molar-refractivity contribution is 6.23. The SMILES string of the molecule is C/C=C\C(=C/c1ccc(Cc2ccccc2)cc1)n1c2ccccc2c2cc3c4ccc5ccccc5c4n(-c4ccccc4)c3cc21.N/N=C(\N)c1ccc(-c2ccccc2)cc1. The number of allylic oxidation sites excluding steroid dienone is 3. The first-order valence-corrected chi connectivity index (χ1v) is 21.7. The molecule has 5 heteroatoms. The van der Waals surface area contributed by atoms with Gasteiger partial charge >= 0.3 is 0 Å². The number of hydrogen-bond donors (Lipinski definition) is 2. The van der Waals surface area contributed by atoms with Gasteiger partial charge in [-0.1, -0.05) is 188 Å². The molecule has 0 fully saturated rings. The third-order valence-electron chi connectivity index (χ3n) is 12.0. The lowest BCUT2D eigenvalue weighted by atomic mass is 10.0. The van der Waals surface area contributed by atoms with Crippen LogP contribution in [-0.4, -0.2) is 15.0 Å². The number of aromatic nitrogens is 2. The standard InChI is InChI=1S/C46H34N2.C13H13N3/c1-2-13-37(29-34-24-22-33(23-25-34)28-32-14-5-3-6-15-32)47-43-21-12-11-20-39(43)41-30-42-40-27-26-35-16-9-10-19-38(35)46(40)48(45(42)31-44(41)47)36-17-7-4-8-18-36;14-13(16-15)12-8-6-11(7-9-12)10-4-2-1-3-5-10/h2-27,29-31H,28H2,1H3;1-9H,15H2,(H2,14,16)/b13-2-,37-29+;. The third kappa shape index (κ3) is 7.61. The molecule has 64 heavy (non-hydrogen) atoms. The van der Waals surface area contributed by atoms with E-state index in [0.29, 0.717) is 5.84 Å². The highest BCUT2D eigenvalue weighted by Gasteiger charge is 2.20. The molecule has 0 aliphatic rings. The van der Waals surface area contributed by atoms with Crippen molar-refractivity contribution in [2.45, 2.75) is 13.3 Å². The molecule has 0 aliphatic heterocycles. The first-order valence-electron chi connectivity index (χ1n) is 21.7. The van der Waals surface area contributed by atoms with Crippen molar-refractivity contribution in [1.29, 1.82) is 0 Å². The van der Waals surface area contributed by atoms with Gasteiger partial charge in [-0.3, -0.25) is 0 Å². The molecule has 0 amide bonds. The molecule has 9 aromatic carbocycles. The summed E-state index contributed by atoms with van der Waals surface area (Å²) in [4.78, 5) is 0. The van der Waals surface area contributed by atoms with Crippen LogP contribution in [0.15, 0.2) is 230 Å². The van der Waals surface area contributed by atoms with Crippen molar-refractivity contribution in [1.82, 2.24) is 9.13 Å². The quantitative estimate of drug-likeness (QED) is 0.0526. The molecule has 0 unspecified atom stereocenters. The van der Waals surface area contributed by atoms with Crippen molar-refractivity contribution in [3.8, 4) is 16.8 Å². The van der Waals surface area contributed by atoms with Gasteiger partial charge in [0, 0.05) is 43.9 Å². The average Bonchev–Trinajstić information content (AvgIpc) is 3.86. The topological polar surface area (TPSA) is 74.3 Å². The van der Waals surface area contributed by atoms with Crippen LogP contribution >= 0.6 is 0 Å². The third-order valence-corrected chi connectivity index (χ3v) is 12.0.